The lowest BCUT2D eigenvalue weighted by Crippen LogP contribution is -2.40. The normalized spacial score (nSPS) is 14.9. The number of hydrogen-bond donors (Lipinski definition) is 1. The molecule has 116 valence electrons. The number of benzene rings is 1. The number of nitrogen functional groups attached to an aromatic ring is 1. The summed E-state index contributed by atoms with van der Waals surface area (Å²) in [5.74, 6) is -0.229. The molecule has 1 aromatic rings. The molecule has 1 fully saturated rings. The maximum Gasteiger partial charge on any atom is 0.406 e. The molecular formula is C14H17F3N2O2. The predicted octanol–water partition coefficient (Wildman–Crippen LogP) is 2.83. The van der Waals surface area contributed by atoms with Crippen molar-refractivity contribution in [3.63, 3.8) is 0 Å². The lowest BCUT2D eigenvalue weighted by molar-refractivity contribution is -0.141. The number of nitrogens with zero attached hydrogens (tertiary/aromatic N) is 1. The zero-order chi connectivity index (χ0) is 15.6. The Morgan fingerprint density at radius 3 is 2.57 bits per heavy atom. The minimum Gasteiger partial charge on any atom is -0.492 e. The van der Waals surface area contributed by atoms with Gasteiger partial charge in [-0.1, -0.05) is 0 Å². The molecule has 0 spiro atoms. The summed E-state index contributed by atoms with van der Waals surface area (Å²) >= 11 is 0. The lowest BCUT2D eigenvalue weighted by Gasteiger charge is -2.24. The number of nitrogens with two attached hydrogens (primary N) is 1. The summed E-state index contributed by atoms with van der Waals surface area (Å²) in [5, 5.41) is 0. The van der Waals surface area contributed by atoms with Gasteiger partial charge in [0.25, 0.3) is 5.91 Å². The highest BCUT2D eigenvalue weighted by molar-refractivity contribution is 5.96. The third kappa shape index (κ3) is 4.03. The van der Waals surface area contributed by atoms with Gasteiger partial charge in [0.05, 0.1) is 12.3 Å². The highest BCUT2D eigenvalue weighted by Crippen LogP contribution is 2.32. The Morgan fingerprint density at radius 1 is 1.43 bits per heavy atom. The Hall–Kier alpha value is -1.92. The molecule has 1 aliphatic carbocycles. The van der Waals surface area contributed by atoms with Crippen LogP contribution >= 0.6 is 0 Å². The molecule has 1 saturated carbocycles. The molecule has 4 nitrogen and oxygen atoms in total. The smallest absolute Gasteiger partial charge is 0.406 e. The van der Waals surface area contributed by atoms with Gasteiger partial charge in [-0.25, -0.2) is 0 Å². The lowest BCUT2D eigenvalue weighted by atomic mass is 10.1. The standard InChI is InChI=1S/C14H17F3N2O2/c1-2-21-12-6-3-9(7-11(12)18)13(20)19(10-4-5-10)8-14(15,16)17/h3,6-7,10H,2,4-5,8,18H2,1H3. The monoisotopic (exact) mass is 302 g/mol. The summed E-state index contributed by atoms with van der Waals surface area (Å²) in [7, 11) is 0. The molecule has 21 heavy (non-hydrogen) atoms. The average molecular weight is 302 g/mol. The summed E-state index contributed by atoms with van der Waals surface area (Å²) in [5.41, 5.74) is 6.13. The Morgan fingerprint density at radius 2 is 2.10 bits per heavy atom. The number of alkyl halides is 3. The highest BCUT2D eigenvalue weighted by atomic mass is 19.4. The molecule has 1 amide bonds. The Balaban J connectivity index is 2.19. The van der Waals surface area contributed by atoms with Crippen LogP contribution in [0.3, 0.4) is 0 Å². The minimum atomic E-state index is -4.41. The topological polar surface area (TPSA) is 55.6 Å². The zero-order valence-electron chi connectivity index (χ0n) is 11.6. The number of halogens is 3. The van der Waals surface area contributed by atoms with Crippen molar-refractivity contribution < 1.29 is 22.7 Å². The van der Waals surface area contributed by atoms with Gasteiger partial charge in [-0.05, 0) is 38.0 Å². The number of carbonyl (C=O) groups is 1. The van der Waals surface area contributed by atoms with Crippen LogP contribution in [0, 0.1) is 0 Å². The van der Waals surface area contributed by atoms with E-state index in [4.69, 9.17) is 10.5 Å². The first-order valence-corrected chi connectivity index (χ1v) is 6.72. The van der Waals surface area contributed by atoms with E-state index in [-0.39, 0.29) is 17.3 Å². The van der Waals surface area contributed by atoms with E-state index in [1.54, 1.807) is 6.92 Å². The van der Waals surface area contributed by atoms with Gasteiger partial charge >= 0.3 is 6.18 Å². The van der Waals surface area contributed by atoms with Crippen LogP contribution in [0.2, 0.25) is 0 Å². The van der Waals surface area contributed by atoms with Gasteiger partial charge in [0, 0.05) is 11.6 Å². The summed E-state index contributed by atoms with van der Waals surface area (Å²) in [6.07, 6.45) is -3.20. The summed E-state index contributed by atoms with van der Waals surface area (Å²) < 4.78 is 43.0. The number of amides is 1. The van der Waals surface area contributed by atoms with E-state index in [0.29, 0.717) is 25.2 Å². The van der Waals surface area contributed by atoms with Crippen molar-refractivity contribution in [3.05, 3.63) is 23.8 Å². The van der Waals surface area contributed by atoms with Crippen molar-refractivity contribution in [1.82, 2.24) is 4.90 Å². The number of hydrogen-bond acceptors (Lipinski definition) is 3. The summed E-state index contributed by atoms with van der Waals surface area (Å²) in [6, 6.07) is 3.98. The van der Waals surface area contributed by atoms with Crippen LogP contribution in [0.5, 0.6) is 5.75 Å². The van der Waals surface area contributed by atoms with Crippen LogP contribution in [0.25, 0.3) is 0 Å². The molecule has 0 heterocycles. The fourth-order valence-electron chi connectivity index (χ4n) is 2.08. The second kappa shape index (κ2) is 5.83. The quantitative estimate of drug-likeness (QED) is 0.851. The Labute approximate surface area is 120 Å². The minimum absolute atomic E-state index is 0.145. The van der Waals surface area contributed by atoms with E-state index in [1.165, 1.54) is 18.2 Å². The molecule has 2 N–H and O–H groups in total. The third-order valence-corrected chi connectivity index (χ3v) is 3.15. The average Bonchev–Trinajstić information content (AvgIpc) is 3.21. The van der Waals surface area contributed by atoms with Gasteiger partial charge in [-0.2, -0.15) is 13.2 Å². The van der Waals surface area contributed by atoms with Crippen molar-refractivity contribution >= 4 is 11.6 Å². The van der Waals surface area contributed by atoms with Gasteiger partial charge in [0.1, 0.15) is 12.3 Å². The predicted molar refractivity (Wildman–Crippen MR) is 72.1 cm³/mol. The van der Waals surface area contributed by atoms with Gasteiger partial charge < -0.3 is 15.4 Å². The van der Waals surface area contributed by atoms with Crippen molar-refractivity contribution in [2.45, 2.75) is 32.0 Å². The van der Waals surface area contributed by atoms with E-state index >= 15 is 0 Å². The first-order valence-electron chi connectivity index (χ1n) is 6.72. The molecule has 0 bridgehead atoms. The van der Waals surface area contributed by atoms with Gasteiger partial charge in [-0.3, -0.25) is 4.79 Å². The van der Waals surface area contributed by atoms with Crippen molar-refractivity contribution in [1.29, 1.82) is 0 Å². The number of rotatable bonds is 5. The van der Waals surface area contributed by atoms with Crippen molar-refractivity contribution in [2.24, 2.45) is 0 Å². The maximum absolute atomic E-state index is 12.6. The number of carbonyl (C=O) groups excluding carboxylic acids is 1. The maximum atomic E-state index is 12.6. The molecular weight excluding hydrogens is 285 g/mol. The molecule has 0 saturated heterocycles. The summed E-state index contributed by atoms with van der Waals surface area (Å²) in [4.78, 5) is 13.1. The molecule has 0 unspecified atom stereocenters. The molecule has 0 atom stereocenters. The van der Waals surface area contributed by atoms with Crippen LogP contribution in [-0.2, 0) is 0 Å². The first kappa shape index (κ1) is 15.5. The third-order valence-electron chi connectivity index (χ3n) is 3.15. The second-order valence-electron chi connectivity index (χ2n) is 4.97. The van der Waals surface area contributed by atoms with E-state index in [0.717, 1.165) is 4.90 Å². The van der Waals surface area contributed by atoms with Gasteiger partial charge in [0.15, 0.2) is 0 Å². The van der Waals surface area contributed by atoms with Crippen LogP contribution < -0.4 is 10.5 Å². The zero-order valence-corrected chi connectivity index (χ0v) is 11.6. The molecule has 1 aromatic carbocycles. The molecule has 7 heteroatoms. The van der Waals surface area contributed by atoms with Gasteiger partial charge in [0.2, 0.25) is 0 Å². The summed E-state index contributed by atoms with van der Waals surface area (Å²) in [6.45, 7) is 0.972. The molecule has 0 aliphatic heterocycles. The number of anilines is 1. The Bertz CT molecular complexity index is 527. The number of ether oxygens (including phenoxy) is 1. The van der Waals surface area contributed by atoms with Gasteiger partial charge in [-0.15, -0.1) is 0 Å². The van der Waals surface area contributed by atoms with Crippen LogP contribution in [0.15, 0.2) is 18.2 Å². The molecule has 1 aliphatic rings. The van der Waals surface area contributed by atoms with Crippen molar-refractivity contribution in [3.8, 4) is 5.75 Å². The molecule has 0 radical (unpaired) electrons. The van der Waals surface area contributed by atoms with Crippen LogP contribution in [-0.4, -0.2) is 36.2 Å². The van der Waals surface area contributed by atoms with Crippen LogP contribution in [0.4, 0.5) is 18.9 Å². The van der Waals surface area contributed by atoms with E-state index in [2.05, 4.69) is 0 Å². The highest BCUT2D eigenvalue weighted by Gasteiger charge is 2.40. The van der Waals surface area contributed by atoms with Crippen LogP contribution in [0.1, 0.15) is 30.1 Å². The fraction of sp³-hybridized carbons (Fsp3) is 0.500. The van der Waals surface area contributed by atoms with Crippen molar-refractivity contribution in [2.75, 3.05) is 18.9 Å². The SMILES string of the molecule is CCOc1ccc(C(=O)N(CC(F)(F)F)C2CC2)cc1N. The largest absolute Gasteiger partial charge is 0.492 e. The second-order valence-corrected chi connectivity index (χ2v) is 4.97. The first-order chi connectivity index (χ1) is 9.81. The molecule has 0 aromatic heterocycles. The van der Waals surface area contributed by atoms with E-state index in [9.17, 15) is 18.0 Å². The fourth-order valence-corrected chi connectivity index (χ4v) is 2.08. The van der Waals surface area contributed by atoms with E-state index < -0.39 is 18.6 Å². The molecule has 2 rings (SSSR count). The Kier molecular flexibility index (Phi) is 4.29. The van der Waals surface area contributed by atoms with E-state index in [1.807, 2.05) is 0 Å².